The summed E-state index contributed by atoms with van der Waals surface area (Å²) in [5.74, 6) is 7.03. The Bertz CT molecular complexity index is 339. The second-order valence-corrected chi connectivity index (χ2v) is 4.42. The molecule has 5 nitrogen and oxygen atoms in total. The van der Waals surface area contributed by atoms with E-state index in [0.717, 1.165) is 18.9 Å². The van der Waals surface area contributed by atoms with Gasteiger partial charge in [0.2, 0.25) is 0 Å². The maximum absolute atomic E-state index is 5.38. The molecule has 1 heterocycles. The lowest BCUT2D eigenvalue weighted by Gasteiger charge is -2.31. The van der Waals surface area contributed by atoms with E-state index in [1.807, 2.05) is 18.2 Å². The van der Waals surface area contributed by atoms with Crippen LogP contribution in [0.2, 0.25) is 0 Å². The molecule has 0 amide bonds. The van der Waals surface area contributed by atoms with Crippen molar-refractivity contribution in [1.82, 2.24) is 9.88 Å². The van der Waals surface area contributed by atoms with Gasteiger partial charge in [-0.05, 0) is 40.1 Å². The normalized spacial score (nSPS) is 12.6. The molecule has 3 N–H and O–H groups in total. The lowest BCUT2D eigenvalue weighted by atomic mass is 10.2. The first-order chi connectivity index (χ1) is 8.08. The molecule has 0 bridgehead atoms. The zero-order valence-electron chi connectivity index (χ0n) is 11.1. The lowest BCUT2D eigenvalue weighted by molar-refractivity contribution is 0.372. The molecule has 1 rings (SSSR count). The van der Waals surface area contributed by atoms with Crippen molar-refractivity contribution in [3.8, 4) is 0 Å². The Balaban J connectivity index is 2.84. The quantitative estimate of drug-likeness (QED) is 0.574. The van der Waals surface area contributed by atoms with E-state index in [0.29, 0.717) is 11.9 Å². The van der Waals surface area contributed by atoms with E-state index in [4.69, 9.17) is 5.84 Å². The van der Waals surface area contributed by atoms with E-state index < -0.39 is 0 Å². The van der Waals surface area contributed by atoms with Crippen molar-refractivity contribution in [2.45, 2.75) is 19.9 Å². The van der Waals surface area contributed by atoms with Crippen LogP contribution in [0.15, 0.2) is 18.2 Å². The van der Waals surface area contributed by atoms with E-state index in [1.165, 1.54) is 0 Å². The molecule has 0 aliphatic rings. The molecule has 0 aromatic carbocycles. The van der Waals surface area contributed by atoms with Crippen LogP contribution in [0, 0.1) is 0 Å². The van der Waals surface area contributed by atoms with E-state index in [9.17, 15) is 0 Å². The number of pyridine rings is 1. The maximum atomic E-state index is 5.38. The summed E-state index contributed by atoms with van der Waals surface area (Å²) in [6, 6.07) is 6.24. The van der Waals surface area contributed by atoms with Crippen LogP contribution >= 0.6 is 0 Å². The molecule has 1 aromatic rings. The first-order valence-electron chi connectivity index (χ1n) is 5.93. The fraction of sp³-hybridized carbons (Fsp3) is 0.583. The zero-order chi connectivity index (χ0) is 12.8. The third kappa shape index (κ3) is 3.87. The van der Waals surface area contributed by atoms with Crippen molar-refractivity contribution < 1.29 is 0 Å². The molecule has 0 radical (unpaired) electrons. The van der Waals surface area contributed by atoms with Crippen molar-refractivity contribution in [1.29, 1.82) is 0 Å². The maximum Gasteiger partial charge on any atom is 0.142 e. The van der Waals surface area contributed by atoms with Gasteiger partial charge < -0.3 is 15.2 Å². The lowest BCUT2D eigenvalue weighted by Crippen LogP contribution is -2.40. The van der Waals surface area contributed by atoms with Gasteiger partial charge in [0.15, 0.2) is 0 Å². The smallest absolute Gasteiger partial charge is 0.142 e. The monoisotopic (exact) mass is 237 g/mol. The van der Waals surface area contributed by atoms with Gasteiger partial charge in [0.1, 0.15) is 11.6 Å². The highest BCUT2D eigenvalue weighted by atomic mass is 15.3. The van der Waals surface area contributed by atoms with Gasteiger partial charge in [0.05, 0.1) is 0 Å². The van der Waals surface area contributed by atoms with Gasteiger partial charge >= 0.3 is 0 Å². The van der Waals surface area contributed by atoms with Gasteiger partial charge in [-0.25, -0.2) is 10.8 Å². The van der Waals surface area contributed by atoms with Crippen molar-refractivity contribution in [3.63, 3.8) is 0 Å². The summed E-state index contributed by atoms with van der Waals surface area (Å²) in [5.41, 5.74) is 2.58. The molecule has 0 fully saturated rings. The summed E-state index contributed by atoms with van der Waals surface area (Å²) in [7, 11) is 4.16. The number of nitrogen functional groups attached to an aromatic ring is 1. The van der Waals surface area contributed by atoms with Gasteiger partial charge in [-0.3, -0.25) is 0 Å². The van der Waals surface area contributed by atoms with E-state index in [1.54, 1.807) is 0 Å². The molecular formula is C12H23N5. The average Bonchev–Trinajstić information content (AvgIpc) is 2.29. The van der Waals surface area contributed by atoms with Crippen LogP contribution in [-0.4, -0.2) is 43.1 Å². The predicted octanol–water partition coefficient (Wildman–Crippen LogP) is 1.14. The summed E-state index contributed by atoms with van der Waals surface area (Å²) in [6.45, 7) is 6.26. The number of hydrogen-bond donors (Lipinski definition) is 2. The van der Waals surface area contributed by atoms with Gasteiger partial charge in [-0.1, -0.05) is 6.07 Å². The van der Waals surface area contributed by atoms with Crippen LogP contribution in [0.5, 0.6) is 0 Å². The Hall–Kier alpha value is -1.33. The van der Waals surface area contributed by atoms with Crippen molar-refractivity contribution in [2.24, 2.45) is 5.84 Å². The predicted molar refractivity (Wildman–Crippen MR) is 73.1 cm³/mol. The van der Waals surface area contributed by atoms with Crippen LogP contribution in [0.25, 0.3) is 0 Å². The third-order valence-corrected chi connectivity index (χ3v) is 2.68. The van der Waals surface area contributed by atoms with Crippen LogP contribution in [0.4, 0.5) is 11.6 Å². The highest BCUT2D eigenvalue weighted by molar-refractivity contribution is 5.47. The molecule has 1 atom stereocenters. The molecule has 17 heavy (non-hydrogen) atoms. The molecule has 0 aliphatic carbocycles. The van der Waals surface area contributed by atoms with Crippen molar-refractivity contribution in [3.05, 3.63) is 18.2 Å². The number of hydrogen-bond acceptors (Lipinski definition) is 5. The minimum Gasteiger partial charge on any atom is -0.353 e. The molecule has 0 spiro atoms. The number of aromatic nitrogens is 1. The number of hydrazine groups is 1. The highest BCUT2D eigenvalue weighted by Gasteiger charge is 2.14. The van der Waals surface area contributed by atoms with Gasteiger partial charge in [-0.2, -0.15) is 0 Å². The Morgan fingerprint density at radius 1 is 1.41 bits per heavy atom. The number of nitrogens with one attached hydrogen (secondary N) is 1. The van der Waals surface area contributed by atoms with E-state index in [-0.39, 0.29) is 0 Å². The van der Waals surface area contributed by atoms with Gasteiger partial charge in [0, 0.05) is 19.1 Å². The van der Waals surface area contributed by atoms with Crippen LogP contribution in [0.3, 0.4) is 0 Å². The van der Waals surface area contributed by atoms with Gasteiger partial charge in [-0.15, -0.1) is 0 Å². The molecule has 1 aromatic heterocycles. The van der Waals surface area contributed by atoms with Crippen LogP contribution in [-0.2, 0) is 0 Å². The standard InChI is InChI=1S/C12H23N5/c1-5-17(10(2)9-16(3)4)12-8-6-7-11(14-12)15-13/h6-8,10H,5,9,13H2,1-4H3,(H,14,15). The number of rotatable bonds is 6. The van der Waals surface area contributed by atoms with E-state index in [2.05, 4.69) is 48.2 Å². The molecule has 0 saturated heterocycles. The first-order valence-corrected chi connectivity index (χ1v) is 5.93. The third-order valence-electron chi connectivity index (χ3n) is 2.68. The summed E-state index contributed by atoms with van der Waals surface area (Å²) in [5, 5.41) is 0. The number of likely N-dealkylation sites (N-methyl/N-ethyl adjacent to an activating group) is 2. The molecule has 0 saturated carbocycles. The Labute approximate surface area is 104 Å². The molecule has 96 valence electrons. The summed E-state index contributed by atoms with van der Waals surface area (Å²) >= 11 is 0. The first kappa shape index (κ1) is 13.7. The second-order valence-electron chi connectivity index (χ2n) is 4.42. The Kier molecular flexibility index (Phi) is 5.18. The highest BCUT2D eigenvalue weighted by Crippen LogP contribution is 2.16. The fourth-order valence-corrected chi connectivity index (χ4v) is 1.99. The topological polar surface area (TPSA) is 57.4 Å². The molecule has 0 aliphatic heterocycles. The molecule has 5 heteroatoms. The largest absolute Gasteiger partial charge is 0.353 e. The zero-order valence-corrected chi connectivity index (χ0v) is 11.1. The van der Waals surface area contributed by atoms with Gasteiger partial charge in [0.25, 0.3) is 0 Å². The van der Waals surface area contributed by atoms with Crippen LogP contribution in [0.1, 0.15) is 13.8 Å². The number of anilines is 2. The fourth-order valence-electron chi connectivity index (χ4n) is 1.99. The minimum atomic E-state index is 0.413. The Morgan fingerprint density at radius 2 is 2.12 bits per heavy atom. The summed E-state index contributed by atoms with van der Waals surface area (Å²) in [6.07, 6.45) is 0. The molecular weight excluding hydrogens is 214 g/mol. The summed E-state index contributed by atoms with van der Waals surface area (Å²) < 4.78 is 0. The number of nitrogens with two attached hydrogens (primary N) is 1. The molecule has 1 unspecified atom stereocenters. The van der Waals surface area contributed by atoms with E-state index >= 15 is 0 Å². The Morgan fingerprint density at radius 3 is 2.65 bits per heavy atom. The number of nitrogens with zero attached hydrogens (tertiary/aromatic N) is 3. The van der Waals surface area contributed by atoms with Crippen molar-refractivity contribution in [2.75, 3.05) is 37.5 Å². The SMILES string of the molecule is CCN(c1cccc(NN)n1)C(C)CN(C)C. The average molecular weight is 237 g/mol. The second kappa shape index (κ2) is 6.42. The van der Waals surface area contributed by atoms with Crippen LogP contribution < -0.4 is 16.2 Å². The minimum absolute atomic E-state index is 0.413. The summed E-state index contributed by atoms with van der Waals surface area (Å²) in [4.78, 5) is 8.91. The van der Waals surface area contributed by atoms with Crippen molar-refractivity contribution >= 4 is 11.6 Å².